The van der Waals surface area contributed by atoms with Gasteiger partial charge in [0.2, 0.25) is 5.02 Å². The van der Waals surface area contributed by atoms with Crippen molar-refractivity contribution in [1.29, 1.82) is 0 Å². The van der Waals surface area contributed by atoms with E-state index in [2.05, 4.69) is 12.2 Å². The predicted molar refractivity (Wildman–Crippen MR) is 71.9 cm³/mol. The number of aryl methyl sites for hydroxylation is 1. The molecule has 0 spiro atoms. The molecular formula is C14H20Cl2NO+. The van der Waals surface area contributed by atoms with Gasteiger partial charge in [-0.15, -0.1) is 0 Å². The summed E-state index contributed by atoms with van der Waals surface area (Å²) in [5.41, 5.74) is 2.14. The lowest BCUT2D eigenvalue weighted by Gasteiger charge is -2.15. The average Bonchev–Trinajstić information content (AvgIpc) is 2.94. The molecule has 0 aromatic heterocycles. The Morgan fingerprint density at radius 2 is 2.17 bits per heavy atom. The van der Waals surface area contributed by atoms with Crippen molar-refractivity contribution in [2.24, 2.45) is 5.41 Å². The van der Waals surface area contributed by atoms with Gasteiger partial charge in [0.05, 0.1) is 16.7 Å². The van der Waals surface area contributed by atoms with Crippen molar-refractivity contribution in [3.8, 4) is 0 Å². The van der Waals surface area contributed by atoms with Crippen LogP contribution in [0.3, 0.4) is 0 Å². The highest BCUT2D eigenvalue weighted by Crippen LogP contribution is 2.44. The molecule has 1 aliphatic carbocycles. The molecule has 0 amide bonds. The fraction of sp³-hybridized carbons (Fsp3) is 0.571. The summed E-state index contributed by atoms with van der Waals surface area (Å²) in [4.78, 5) is 0. The number of benzene rings is 1. The van der Waals surface area contributed by atoms with Crippen LogP contribution >= 0.6 is 11.6 Å². The van der Waals surface area contributed by atoms with Gasteiger partial charge in [-0.3, -0.25) is 0 Å². The molecule has 18 heavy (non-hydrogen) atoms. The van der Waals surface area contributed by atoms with Crippen LogP contribution in [0.2, 0.25) is 10.0 Å². The lowest BCUT2D eigenvalue weighted by Crippen LogP contribution is -2.27. The summed E-state index contributed by atoms with van der Waals surface area (Å²) in [6.45, 7) is 5.65. The first-order valence-corrected chi connectivity index (χ1v) is 7.06. The highest BCUT2D eigenvalue weighted by Gasteiger charge is 2.36. The van der Waals surface area contributed by atoms with Gasteiger partial charge >= 0.3 is 0 Å². The Kier molecular flexibility index (Phi) is 4.22. The van der Waals surface area contributed by atoms with Gasteiger partial charge in [-0.25, -0.2) is 0 Å². The molecule has 1 saturated carbocycles. The Hall–Kier alpha value is -0.280. The quantitative estimate of drug-likeness (QED) is 0.873. The molecule has 1 unspecified atom stereocenters. The van der Waals surface area contributed by atoms with E-state index in [0.717, 1.165) is 12.1 Å². The van der Waals surface area contributed by atoms with Crippen LogP contribution in [-0.2, 0) is 0 Å². The summed E-state index contributed by atoms with van der Waals surface area (Å²) in [5.74, 6) is 0. The SMILES string of the molecule is Cc1cc(Cl)c(C(O)CNCC2(C)CC2)c([ClH+])c1. The van der Waals surface area contributed by atoms with Gasteiger partial charge in [-0.1, -0.05) is 18.5 Å². The molecule has 4 heteroatoms. The maximum Gasteiger partial charge on any atom is 0.233 e. The van der Waals surface area contributed by atoms with Gasteiger partial charge in [0, 0.05) is 19.2 Å². The predicted octanol–water partition coefficient (Wildman–Crippen LogP) is 2.77. The van der Waals surface area contributed by atoms with E-state index in [-0.39, 0.29) is 0 Å². The van der Waals surface area contributed by atoms with Gasteiger partial charge in [0.1, 0.15) is 0 Å². The number of nitrogens with one attached hydrogen (secondary N) is 1. The van der Waals surface area contributed by atoms with Gasteiger partial charge < -0.3 is 10.4 Å². The third-order valence-electron chi connectivity index (χ3n) is 3.56. The van der Waals surface area contributed by atoms with E-state index in [0.29, 0.717) is 27.6 Å². The average molecular weight is 289 g/mol. The summed E-state index contributed by atoms with van der Waals surface area (Å²) in [7, 11) is 0. The minimum Gasteiger partial charge on any atom is -0.387 e. The first kappa shape index (κ1) is 14.1. The number of rotatable bonds is 5. The second kappa shape index (κ2) is 5.38. The zero-order valence-corrected chi connectivity index (χ0v) is 12.4. The molecule has 1 aromatic rings. The largest absolute Gasteiger partial charge is 0.387 e. The van der Waals surface area contributed by atoms with Crippen molar-refractivity contribution in [1.82, 2.24) is 5.32 Å². The molecular weight excluding hydrogens is 269 g/mol. The fourth-order valence-corrected chi connectivity index (χ4v) is 2.94. The van der Waals surface area contributed by atoms with E-state index in [9.17, 15) is 5.11 Å². The molecule has 0 bridgehead atoms. The Morgan fingerprint density at radius 3 is 2.72 bits per heavy atom. The number of hydrogen-bond acceptors (Lipinski definition) is 2. The maximum absolute atomic E-state index is 10.2. The number of aliphatic hydroxyl groups is 1. The van der Waals surface area contributed by atoms with Gasteiger partial charge in [-0.05, 0) is 36.8 Å². The van der Waals surface area contributed by atoms with E-state index in [1.54, 1.807) is 0 Å². The molecule has 2 rings (SSSR count). The van der Waals surface area contributed by atoms with Crippen molar-refractivity contribution in [2.75, 3.05) is 13.1 Å². The zero-order chi connectivity index (χ0) is 13.3. The smallest absolute Gasteiger partial charge is 0.233 e. The molecule has 2 nitrogen and oxygen atoms in total. The standard InChI is InChI=1S/C14H20Cl2NO/c1-9-5-10(15)13(11(16)6-9)12(18)7-17-8-14(2)3-4-14/h5-6,12,15,17-18H,3-4,7-8H2,1-2H3/q+1. The minimum atomic E-state index is -0.632. The Bertz CT molecular complexity index is 420. The van der Waals surface area contributed by atoms with Crippen LogP contribution in [0.5, 0.6) is 0 Å². The highest BCUT2D eigenvalue weighted by atomic mass is 35.5. The highest BCUT2D eigenvalue weighted by molar-refractivity contribution is 6.31. The summed E-state index contributed by atoms with van der Waals surface area (Å²) >= 11 is 11.4. The van der Waals surface area contributed by atoms with Crippen molar-refractivity contribution in [3.05, 3.63) is 33.3 Å². The molecule has 0 saturated heterocycles. The molecule has 1 aliphatic rings. The van der Waals surface area contributed by atoms with E-state index in [4.69, 9.17) is 23.2 Å². The molecule has 2 N–H and O–H groups in total. The van der Waals surface area contributed by atoms with Crippen molar-refractivity contribution in [2.45, 2.75) is 32.8 Å². The van der Waals surface area contributed by atoms with Crippen LogP contribution in [0.1, 0.15) is 37.0 Å². The first-order valence-electron chi connectivity index (χ1n) is 6.27. The maximum atomic E-state index is 10.2. The second-order valence-electron chi connectivity index (χ2n) is 5.62. The first-order chi connectivity index (χ1) is 8.41. The van der Waals surface area contributed by atoms with E-state index in [1.165, 1.54) is 12.8 Å². The molecule has 100 valence electrons. The number of aliphatic hydroxyl groups excluding tert-OH is 1. The third kappa shape index (κ3) is 3.39. The van der Waals surface area contributed by atoms with Crippen molar-refractivity contribution in [3.63, 3.8) is 0 Å². The molecule has 0 aliphatic heterocycles. The van der Waals surface area contributed by atoms with Crippen molar-refractivity contribution >= 4 is 11.6 Å². The second-order valence-corrected chi connectivity index (χ2v) is 6.46. The van der Waals surface area contributed by atoms with Crippen LogP contribution < -0.4 is 5.32 Å². The molecule has 0 heterocycles. The van der Waals surface area contributed by atoms with Crippen LogP contribution in [-0.4, -0.2) is 18.2 Å². The van der Waals surface area contributed by atoms with E-state index < -0.39 is 6.10 Å². The summed E-state index contributed by atoms with van der Waals surface area (Å²) in [5, 5.41) is 14.7. The van der Waals surface area contributed by atoms with Crippen LogP contribution in [0, 0.1) is 23.9 Å². The van der Waals surface area contributed by atoms with Gasteiger partial charge in [0.15, 0.2) is 11.6 Å². The third-order valence-corrected chi connectivity index (χ3v) is 4.21. The minimum absolute atomic E-state index is 0.438. The van der Waals surface area contributed by atoms with Crippen LogP contribution in [0.15, 0.2) is 12.1 Å². The molecule has 1 fully saturated rings. The number of halogens is 2. The summed E-state index contributed by atoms with van der Waals surface area (Å²) < 4.78 is 0. The molecule has 1 atom stereocenters. The normalized spacial score (nSPS) is 18.7. The molecule has 1 aromatic carbocycles. The van der Waals surface area contributed by atoms with Gasteiger partial charge in [0.25, 0.3) is 0 Å². The van der Waals surface area contributed by atoms with Crippen LogP contribution in [0.25, 0.3) is 0 Å². The lowest BCUT2D eigenvalue weighted by molar-refractivity contribution is -0.291. The summed E-state index contributed by atoms with van der Waals surface area (Å²) in [6, 6.07) is 3.72. The van der Waals surface area contributed by atoms with E-state index in [1.807, 2.05) is 19.1 Å². The van der Waals surface area contributed by atoms with E-state index >= 15 is 0 Å². The number of hydrogen-bond donors (Lipinski definition) is 2. The lowest BCUT2D eigenvalue weighted by atomic mass is 10.1. The fourth-order valence-electron chi connectivity index (χ4n) is 2.05. The van der Waals surface area contributed by atoms with Gasteiger partial charge in [-0.2, -0.15) is 0 Å². The Labute approximate surface area is 118 Å². The Balaban J connectivity index is 1.97. The topological polar surface area (TPSA) is 32.3 Å². The summed E-state index contributed by atoms with van der Waals surface area (Å²) in [6.07, 6.45) is 1.91. The van der Waals surface area contributed by atoms with Crippen molar-refractivity contribution < 1.29 is 16.7 Å². The van der Waals surface area contributed by atoms with Crippen LogP contribution in [0.4, 0.5) is 0 Å². The zero-order valence-electron chi connectivity index (χ0n) is 10.8. The molecule has 0 radical (unpaired) electrons. The monoisotopic (exact) mass is 288 g/mol. The Morgan fingerprint density at radius 1 is 1.50 bits per heavy atom.